The number of nitriles is 1. The molecular weight excluding hydrogens is 318 g/mol. The number of carbonyl (C=O) groups is 1. The van der Waals surface area contributed by atoms with Gasteiger partial charge in [-0.05, 0) is 43.3 Å². The van der Waals surface area contributed by atoms with E-state index in [1.807, 2.05) is 30.3 Å². The van der Waals surface area contributed by atoms with Gasteiger partial charge in [-0.1, -0.05) is 12.1 Å². The first-order valence-electron chi connectivity index (χ1n) is 7.67. The number of carbonyl (C=O) groups excluding carboxylic acids is 1. The van der Waals surface area contributed by atoms with Crippen LogP contribution in [-0.4, -0.2) is 28.3 Å². The smallest absolute Gasteiger partial charge is 0.338 e. The van der Waals surface area contributed by atoms with E-state index in [0.717, 1.165) is 11.0 Å². The molecule has 0 saturated carbocycles. The van der Waals surface area contributed by atoms with E-state index in [1.165, 1.54) is 0 Å². The number of hydrogen-bond donors (Lipinski definition) is 2. The maximum Gasteiger partial charge on any atom is 0.338 e. The summed E-state index contributed by atoms with van der Waals surface area (Å²) in [5.41, 5.74) is 5.61. The van der Waals surface area contributed by atoms with E-state index in [4.69, 9.17) is 4.74 Å². The highest BCUT2D eigenvalue weighted by Gasteiger charge is 2.09. The van der Waals surface area contributed by atoms with E-state index in [-0.39, 0.29) is 11.7 Å². The predicted octanol–water partition coefficient (Wildman–Crippen LogP) is 3.08. The highest BCUT2D eigenvalue weighted by atomic mass is 16.5. The highest BCUT2D eigenvalue weighted by molar-refractivity contribution is 6.10. The molecule has 0 atom stereocenters. The van der Waals surface area contributed by atoms with E-state index in [9.17, 15) is 10.1 Å². The van der Waals surface area contributed by atoms with E-state index < -0.39 is 0 Å². The van der Waals surface area contributed by atoms with Crippen molar-refractivity contribution in [2.24, 2.45) is 5.10 Å². The molecule has 0 spiro atoms. The Balaban J connectivity index is 1.77. The van der Waals surface area contributed by atoms with Crippen molar-refractivity contribution in [1.82, 2.24) is 9.97 Å². The summed E-state index contributed by atoms with van der Waals surface area (Å²) >= 11 is 0. The van der Waals surface area contributed by atoms with Crippen LogP contribution in [0.25, 0.3) is 11.0 Å². The van der Waals surface area contributed by atoms with Gasteiger partial charge in [0.15, 0.2) is 5.82 Å². The average molecular weight is 333 g/mol. The summed E-state index contributed by atoms with van der Waals surface area (Å²) in [5, 5.41) is 13.4. The van der Waals surface area contributed by atoms with Gasteiger partial charge in [-0.2, -0.15) is 10.4 Å². The van der Waals surface area contributed by atoms with E-state index in [0.29, 0.717) is 23.7 Å². The first-order chi connectivity index (χ1) is 12.2. The SMILES string of the molecule is CCOC(=O)c1ccc(N/N=C(/C#N)c2nc3ccccc3[nH]2)cc1. The molecule has 1 aromatic heterocycles. The van der Waals surface area contributed by atoms with Gasteiger partial charge in [-0.3, -0.25) is 5.43 Å². The lowest BCUT2D eigenvalue weighted by molar-refractivity contribution is 0.0526. The molecule has 7 heteroatoms. The molecular formula is C18H15N5O2. The fourth-order valence-corrected chi connectivity index (χ4v) is 2.21. The number of esters is 1. The topological polar surface area (TPSA) is 103 Å². The summed E-state index contributed by atoms with van der Waals surface area (Å²) in [5.74, 6) is 0.0110. The number of ether oxygens (including phenoxy) is 1. The van der Waals surface area contributed by atoms with E-state index in [1.54, 1.807) is 31.2 Å². The zero-order valence-corrected chi connectivity index (χ0v) is 13.5. The van der Waals surface area contributed by atoms with E-state index >= 15 is 0 Å². The molecule has 124 valence electrons. The lowest BCUT2D eigenvalue weighted by Gasteiger charge is -2.04. The third kappa shape index (κ3) is 3.64. The van der Waals surface area contributed by atoms with Crippen LogP contribution in [0.15, 0.2) is 53.6 Å². The normalized spacial score (nSPS) is 11.1. The van der Waals surface area contributed by atoms with Crippen LogP contribution >= 0.6 is 0 Å². The van der Waals surface area contributed by atoms with Crippen LogP contribution in [0.1, 0.15) is 23.1 Å². The van der Waals surface area contributed by atoms with Crippen LogP contribution in [0.5, 0.6) is 0 Å². The number of rotatable bonds is 5. The number of hydrogen-bond acceptors (Lipinski definition) is 6. The van der Waals surface area contributed by atoms with Gasteiger partial charge in [0.1, 0.15) is 6.07 Å². The number of nitrogens with zero attached hydrogens (tertiary/aromatic N) is 3. The van der Waals surface area contributed by atoms with Gasteiger partial charge in [0, 0.05) is 0 Å². The van der Waals surface area contributed by atoms with Crippen molar-refractivity contribution in [2.45, 2.75) is 6.92 Å². The van der Waals surface area contributed by atoms with Crippen molar-refractivity contribution in [1.29, 1.82) is 5.26 Å². The van der Waals surface area contributed by atoms with Gasteiger partial charge < -0.3 is 9.72 Å². The molecule has 25 heavy (non-hydrogen) atoms. The molecule has 0 aliphatic carbocycles. The first kappa shape index (κ1) is 16.2. The van der Waals surface area contributed by atoms with E-state index in [2.05, 4.69) is 20.5 Å². The minimum Gasteiger partial charge on any atom is -0.462 e. The number of para-hydroxylation sites is 2. The van der Waals surface area contributed by atoms with Crippen LogP contribution in [0.4, 0.5) is 5.69 Å². The van der Waals surface area contributed by atoms with Crippen molar-refractivity contribution in [3.05, 3.63) is 59.9 Å². The summed E-state index contributed by atoms with van der Waals surface area (Å²) in [6.45, 7) is 2.08. The number of fused-ring (bicyclic) bond motifs is 1. The number of hydrazone groups is 1. The zero-order valence-electron chi connectivity index (χ0n) is 13.5. The maximum atomic E-state index is 11.6. The van der Waals surface area contributed by atoms with Gasteiger partial charge in [0.25, 0.3) is 0 Å². The third-order valence-corrected chi connectivity index (χ3v) is 3.41. The van der Waals surface area contributed by atoms with Crippen molar-refractivity contribution >= 4 is 28.4 Å². The van der Waals surface area contributed by atoms with Crippen LogP contribution < -0.4 is 5.43 Å². The fourth-order valence-electron chi connectivity index (χ4n) is 2.21. The highest BCUT2D eigenvalue weighted by Crippen LogP contribution is 2.13. The van der Waals surface area contributed by atoms with Crippen LogP contribution in [-0.2, 0) is 4.74 Å². The molecule has 0 aliphatic heterocycles. The number of benzene rings is 2. The molecule has 3 rings (SSSR count). The summed E-state index contributed by atoms with van der Waals surface area (Å²) < 4.78 is 4.93. The Labute approximate surface area is 144 Å². The Morgan fingerprint density at radius 1 is 1.28 bits per heavy atom. The van der Waals surface area contributed by atoms with Crippen molar-refractivity contribution in [3.63, 3.8) is 0 Å². The standard InChI is InChI=1S/C18H15N5O2/c1-2-25-18(24)12-7-9-13(10-8-12)22-23-16(11-19)17-20-14-5-3-4-6-15(14)21-17/h3-10,22H,2H2,1H3,(H,20,21)/b23-16-. The lowest BCUT2D eigenvalue weighted by Crippen LogP contribution is -2.05. The molecule has 7 nitrogen and oxygen atoms in total. The number of anilines is 1. The number of imidazole rings is 1. The van der Waals surface area contributed by atoms with Crippen LogP contribution in [0, 0.1) is 11.3 Å². The van der Waals surface area contributed by atoms with Crippen molar-refractivity contribution < 1.29 is 9.53 Å². The van der Waals surface area contributed by atoms with Gasteiger partial charge in [-0.15, -0.1) is 0 Å². The zero-order chi connectivity index (χ0) is 17.6. The summed E-state index contributed by atoms with van der Waals surface area (Å²) in [6, 6.07) is 16.1. The lowest BCUT2D eigenvalue weighted by atomic mass is 10.2. The molecule has 1 heterocycles. The third-order valence-electron chi connectivity index (χ3n) is 3.41. The van der Waals surface area contributed by atoms with Gasteiger partial charge in [0.2, 0.25) is 5.71 Å². The van der Waals surface area contributed by atoms with Crippen LogP contribution in [0.2, 0.25) is 0 Å². The molecule has 2 aromatic carbocycles. The van der Waals surface area contributed by atoms with Gasteiger partial charge in [-0.25, -0.2) is 9.78 Å². The number of aromatic amines is 1. The average Bonchev–Trinajstić information content (AvgIpc) is 3.07. The Morgan fingerprint density at radius 2 is 2.04 bits per heavy atom. The Morgan fingerprint density at radius 3 is 2.72 bits per heavy atom. The van der Waals surface area contributed by atoms with Crippen LogP contribution in [0.3, 0.4) is 0 Å². The monoisotopic (exact) mass is 333 g/mol. The number of nitrogens with one attached hydrogen (secondary N) is 2. The second-order valence-corrected chi connectivity index (χ2v) is 5.08. The second-order valence-electron chi connectivity index (χ2n) is 5.08. The predicted molar refractivity (Wildman–Crippen MR) is 94.3 cm³/mol. The van der Waals surface area contributed by atoms with Gasteiger partial charge in [0.05, 0.1) is 28.9 Å². The molecule has 0 radical (unpaired) electrons. The molecule has 0 aliphatic rings. The largest absolute Gasteiger partial charge is 0.462 e. The molecule has 0 bridgehead atoms. The van der Waals surface area contributed by atoms with Crippen molar-refractivity contribution in [3.8, 4) is 6.07 Å². The first-order valence-corrected chi connectivity index (χ1v) is 7.67. The molecule has 0 saturated heterocycles. The Bertz CT molecular complexity index is 934. The van der Waals surface area contributed by atoms with Crippen molar-refractivity contribution in [2.75, 3.05) is 12.0 Å². The quantitative estimate of drug-likeness (QED) is 0.424. The molecule has 0 fully saturated rings. The number of H-pyrrole nitrogens is 1. The Hall–Kier alpha value is -3.66. The summed E-state index contributed by atoms with van der Waals surface area (Å²) in [4.78, 5) is 19.0. The number of aromatic nitrogens is 2. The van der Waals surface area contributed by atoms with Gasteiger partial charge >= 0.3 is 5.97 Å². The summed E-state index contributed by atoms with van der Waals surface area (Å²) in [7, 11) is 0. The molecule has 2 N–H and O–H groups in total. The fraction of sp³-hybridized carbons (Fsp3) is 0.111. The Kier molecular flexibility index (Phi) is 4.72. The molecule has 0 amide bonds. The minimum atomic E-state index is -0.377. The molecule has 0 unspecified atom stereocenters. The minimum absolute atomic E-state index is 0.130. The maximum absolute atomic E-state index is 11.6. The molecule has 3 aromatic rings. The second kappa shape index (κ2) is 7.27. The summed E-state index contributed by atoms with van der Waals surface area (Å²) in [6.07, 6.45) is 0.